The van der Waals surface area contributed by atoms with Gasteiger partial charge < -0.3 is 24.5 Å². The zero-order valence-corrected chi connectivity index (χ0v) is 20.9. The first-order valence-electron chi connectivity index (χ1n) is 11.1. The van der Waals surface area contributed by atoms with Crippen molar-refractivity contribution in [2.45, 2.75) is 10.9 Å². The number of nitrogens with zero attached hydrogens (tertiary/aromatic N) is 1. The number of rotatable bonds is 10. The second kappa shape index (κ2) is 10.6. The largest absolute Gasteiger partial charge is 0.497 e. The van der Waals surface area contributed by atoms with E-state index >= 15 is 0 Å². The molecule has 3 N–H and O–H groups in total. The smallest absolute Gasteiger partial charge is 0.322 e. The molecule has 1 atom stereocenters. The maximum atomic E-state index is 13.6. The normalized spacial score (nSPS) is 12.1. The number of ether oxygens (including phenoxy) is 2. The van der Waals surface area contributed by atoms with Gasteiger partial charge in [0.1, 0.15) is 24.1 Å². The lowest BCUT2D eigenvalue weighted by Gasteiger charge is -2.21. The van der Waals surface area contributed by atoms with Gasteiger partial charge in [-0.15, -0.1) is 0 Å². The van der Waals surface area contributed by atoms with Gasteiger partial charge in [-0.05, 0) is 60.2 Å². The lowest BCUT2D eigenvalue weighted by molar-refractivity contribution is -0.135. The number of carboxylic acid groups (broad SMARTS) is 1. The van der Waals surface area contributed by atoms with Gasteiger partial charge in [0.15, 0.2) is 0 Å². The third-order valence-corrected chi connectivity index (χ3v) is 7.10. The fourth-order valence-electron chi connectivity index (χ4n) is 3.99. The summed E-state index contributed by atoms with van der Waals surface area (Å²) in [5.74, 6) is -0.835. The average molecular weight is 524 g/mol. The second-order valence-electron chi connectivity index (χ2n) is 8.03. The fourth-order valence-corrected chi connectivity index (χ4v) is 4.98. The van der Waals surface area contributed by atoms with Crippen molar-refractivity contribution in [3.63, 3.8) is 0 Å². The molecule has 10 nitrogen and oxygen atoms in total. The van der Waals surface area contributed by atoms with Crippen LogP contribution in [0.3, 0.4) is 0 Å². The first-order chi connectivity index (χ1) is 17.7. The number of benzene rings is 3. The molecule has 4 rings (SSSR count). The molecule has 11 heteroatoms. The van der Waals surface area contributed by atoms with Gasteiger partial charge in [-0.2, -0.15) is 0 Å². The molecule has 37 heavy (non-hydrogen) atoms. The highest BCUT2D eigenvalue weighted by Crippen LogP contribution is 2.31. The Hall–Kier alpha value is -4.51. The van der Waals surface area contributed by atoms with E-state index < -0.39 is 27.9 Å². The van der Waals surface area contributed by atoms with Gasteiger partial charge in [0.05, 0.1) is 24.6 Å². The summed E-state index contributed by atoms with van der Waals surface area (Å²) in [5, 5.41) is 12.6. The van der Waals surface area contributed by atoms with E-state index in [0.29, 0.717) is 33.7 Å². The van der Waals surface area contributed by atoms with Crippen LogP contribution in [-0.4, -0.2) is 50.7 Å². The molecule has 3 aromatic carbocycles. The zero-order chi connectivity index (χ0) is 26.6. The van der Waals surface area contributed by atoms with Crippen molar-refractivity contribution in [2.75, 3.05) is 26.1 Å². The maximum absolute atomic E-state index is 13.6. The van der Waals surface area contributed by atoms with Crippen LogP contribution in [0, 0.1) is 0 Å². The third kappa shape index (κ3) is 5.51. The molecule has 1 aromatic heterocycles. The summed E-state index contributed by atoms with van der Waals surface area (Å²) in [6, 6.07) is 18.3. The van der Waals surface area contributed by atoms with Crippen LogP contribution in [0.2, 0.25) is 0 Å². The monoisotopic (exact) mass is 523 g/mol. The van der Waals surface area contributed by atoms with Crippen LogP contribution in [0.1, 0.15) is 11.6 Å². The molecule has 0 bridgehead atoms. The Kier molecular flexibility index (Phi) is 7.35. The van der Waals surface area contributed by atoms with Gasteiger partial charge in [0.2, 0.25) is 0 Å². The quantitative estimate of drug-likeness (QED) is 0.288. The SMILES string of the molecule is COc1ccc(S(=O)(=O)NC(=O)C(c2cccc(OC)c2)n2ccc3c(NCC(=O)O)cccc32)cc1. The first kappa shape index (κ1) is 25.6. The number of hydrogen-bond acceptors (Lipinski definition) is 7. The molecular formula is C26H25N3O7S. The summed E-state index contributed by atoms with van der Waals surface area (Å²) in [7, 11) is -1.24. The number of carbonyl (C=O) groups is 2. The number of amides is 1. The van der Waals surface area contributed by atoms with Crippen molar-refractivity contribution in [1.29, 1.82) is 0 Å². The predicted octanol–water partition coefficient (Wildman–Crippen LogP) is 3.25. The molecule has 192 valence electrons. The average Bonchev–Trinajstić information content (AvgIpc) is 3.31. The van der Waals surface area contributed by atoms with E-state index in [2.05, 4.69) is 10.0 Å². The van der Waals surface area contributed by atoms with Gasteiger partial charge in [0.25, 0.3) is 15.9 Å². The number of sulfonamides is 1. The lowest BCUT2D eigenvalue weighted by Crippen LogP contribution is -2.37. The predicted molar refractivity (Wildman–Crippen MR) is 138 cm³/mol. The van der Waals surface area contributed by atoms with Gasteiger partial charge in [-0.3, -0.25) is 9.59 Å². The van der Waals surface area contributed by atoms with E-state index in [0.717, 1.165) is 0 Å². The first-order valence-corrected chi connectivity index (χ1v) is 12.6. The summed E-state index contributed by atoms with van der Waals surface area (Å²) < 4.78 is 40.3. The van der Waals surface area contributed by atoms with Gasteiger partial charge >= 0.3 is 5.97 Å². The summed E-state index contributed by atoms with van der Waals surface area (Å²) in [6.45, 7) is -0.288. The number of nitrogens with one attached hydrogen (secondary N) is 2. The van der Waals surface area contributed by atoms with Crippen molar-refractivity contribution in [3.8, 4) is 11.5 Å². The van der Waals surface area contributed by atoms with Crippen molar-refractivity contribution in [3.05, 3.63) is 84.6 Å². The number of carbonyl (C=O) groups excluding carboxylic acids is 1. The van der Waals surface area contributed by atoms with E-state index in [1.807, 2.05) is 0 Å². The van der Waals surface area contributed by atoms with Crippen molar-refractivity contribution < 1.29 is 32.6 Å². The van der Waals surface area contributed by atoms with E-state index in [-0.39, 0.29) is 11.4 Å². The molecule has 1 amide bonds. The Morgan fingerprint density at radius 1 is 0.946 bits per heavy atom. The molecule has 0 saturated carbocycles. The Morgan fingerprint density at radius 2 is 1.65 bits per heavy atom. The highest BCUT2D eigenvalue weighted by Gasteiger charge is 2.29. The number of anilines is 1. The molecule has 0 spiro atoms. The topological polar surface area (TPSA) is 136 Å². The zero-order valence-electron chi connectivity index (χ0n) is 20.0. The van der Waals surface area contributed by atoms with Crippen LogP contribution in [0.15, 0.2) is 83.9 Å². The third-order valence-electron chi connectivity index (χ3n) is 5.73. The van der Waals surface area contributed by atoms with Crippen molar-refractivity contribution >= 4 is 38.5 Å². The minimum Gasteiger partial charge on any atom is -0.497 e. The molecule has 1 unspecified atom stereocenters. The van der Waals surface area contributed by atoms with Crippen LogP contribution in [-0.2, 0) is 19.6 Å². The van der Waals surface area contributed by atoms with Crippen LogP contribution in [0.4, 0.5) is 5.69 Å². The number of methoxy groups -OCH3 is 2. The summed E-state index contributed by atoms with van der Waals surface area (Å²) in [5.41, 5.74) is 1.65. The highest BCUT2D eigenvalue weighted by atomic mass is 32.2. The van der Waals surface area contributed by atoms with E-state index in [4.69, 9.17) is 14.6 Å². The number of fused-ring (bicyclic) bond motifs is 1. The molecule has 1 heterocycles. The van der Waals surface area contributed by atoms with Gasteiger partial charge in [-0.25, -0.2) is 13.1 Å². The Morgan fingerprint density at radius 3 is 2.32 bits per heavy atom. The summed E-state index contributed by atoms with van der Waals surface area (Å²) >= 11 is 0. The van der Waals surface area contributed by atoms with E-state index in [1.54, 1.807) is 59.3 Å². The molecular weight excluding hydrogens is 498 g/mol. The fraction of sp³-hybridized carbons (Fsp3) is 0.154. The number of hydrogen-bond donors (Lipinski definition) is 3. The molecule has 0 aliphatic carbocycles. The Balaban J connectivity index is 1.77. The summed E-state index contributed by atoms with van der Waals surface area (Å²) in [6.07, 6.45) is 1.65. The Bertz CT molecular complexity index is 1550. The van der Waals surface area contributed by atoms with Crippen LogP contribution in [0.25, 0.3) is 10.9 Å². The number of aliphatic carboxylic acids is 1. The number of carboxylic acids is 1. The molecule has 0 aliphatic heterocycles. The summed E-state index contributed by atoms with van der Waals surface area (Å²) in [4.78, 5) is 24.6. The molecule has 0 radical (unpaired) electrons. The second-order valence-corrected chi connectivity index (χ2v) is 9.72. The van der Waals surface area contributed by atoms with Gasteiger partial charge in [0, 0.05) is 17.3 Å². The van der Waals surface area contributed by atoms with E-state index in [9.17, 15) is 18.0 Å². The Labute approximate surface area is 213 Å². The molecule has 0 aliphatic rings. The lowest BCUT2D eigenvalue weighted by atomic mass is 10.1. The highest BCUT2D eigenvalue weighted by molar-refractivity contribution is 7.90. The number of aromatic nitrogens is 1. The van der Waals surface area contributed by atoms with E-state index in [1.165, 1.54) is 38.5 Å². The molecule has 4 aromatic rings. The van der Waals surface area contributed by atoms with Crippen LogP contribution in [0.5, 0.6) is 11.5 Å². The standard InChI is InChI=1S/C26H25N3O7S/c1-35-18-9-11-20(12-10-18)37(33,34)28-26(32)25(17-5-3-6-19(15-17)36-2)29-14-13-21-22(27-16-24(30)31)7-4-8-23(21)29/h3-15,25,27H,16H2,1-2H3,(H,28,32)(H,30,31). The van der Waals surface area contributed by atoms with Crippen molar-refractivity contribution in [2.24, 2.45) is 0 Å². The minimum atomic E-state index is -4.20. The van der Waals surface area contributed by atoms with Crippen molar-refractivity contribution in [1.82, 2.24) is 9.29 Å². The van der Waals surface area contributed by atoms with Crippen LogP contribution >= 0.6 is 0 Å². The molecule has 0 fully saturated rings. The molecule has 0 saturated heterocycles. The minimum absolute atomic E-state index is 0.0939. The van der Waals surface area contributed by atoms with Crippen LogP contribution < -0.4 is 19.5 Å². The van der Waals surface area contributed by atoms with Gasteiger partial charge in [-0.1, -0.05) is 18.2 Å². The maximum Gasteiger partial charge on any atom is 0.322 e.